The summed E-state index contributed by atoms with van der Waals surface area (Å²) in [6, 6.07) is 6.33. The van der Waals surface area contributed by atoms with Gasteiger partial charge in [-0.2, -0.15) is 0 Å². The number of nitrogens with one attached hydrogen (secondary N) is 3. The SMILES string of the molecule is O=C(NCc1ccco1)C(=O)NNS(=O)(=O)c1ccc(OC(F)(F)F)cc1. The first-order valence-electron chi connectivity index (χ1n) is 7.05. The van der Waals surface area contributed by atoms with Crippen molar-refractivity contribution >= 4 is 21.8 Å². The Morgan fingerprint density at radius 1 is 1.07 bits per heavy atom. The van der Waals surface area contributed by atoms with E-state index >= 15 is 0 Å². The van der Waals surface area contributed by atoms with Gasteiger partial charge in [-0.15, -0.1) is 18.0 Å². The van der Waals surface area contributed by atoms with Crippen molar-refractivity contribution in [3.05, 3.63) is 48.4 Å². The molecule has 13 heteroatoms. The van der Waals surface area contributed by atoms with Crippen LogP contribution in [-0.2, 0) is 26.2 Å². The van der Waals surface area contributed by atoms with E-state index in [1.807, 2.05) is 0 Å². The average Bonchev–Trinajstić information content (AvgIpc) is 3.10. The summed E-state index contributed by atoms with van der Waals surface area (Å²) in [4.78, 5) is 24.3. The number of hydrogen-bond donors (Lipinski definition) is 3. The zero-order chi connectivity index (χ0) is 20.1. The molecule has 1 aromatic heterocycles. The molecular formula is C14H12F3N3O6S. The average molecular weight is 407 g/mol. The number of carbonyl (C=O) groups excluding carboxylic acids is 2. The minimum absolute atomic E-state index is 0.0906. The van der Waals surface area contributed by atoms with Gasteiger partial charge in [0.2, 0.25) is 0 Å². The summed E-state index contributed by atoms with van der Waals surface area (Å²) in [5.74, 6) is -2.69. The Kier molecular flexibility index (Phi) is 6.07. The number of amides is 2. The highest BCUT2D eigenvalue weighted by molar-refractivity contribution is 7.89. The lowest BCUT2D eigenvalue weighted by Crippen LogP contribution is -2.48. The van der Waals surface area contributed by atoms with Gasteiger partial charge in [0.25, 0.3) is 10.0 Å². The standard InChI is InChI=1S/C14H12F3N3O6S/c15-14(16,17)26-9-3-5-11(6-4-9)27(23,24)20-19-13(22)12(21)18-8-10-2-1-7-25-10/h1-7,20H,8H2,(H,18,21)(H,19,22). The highest BCUT2D eigenvalue weighted by atomic mass is 32.2. The van der Waals surface area contributed by atoms with Crippen LogP contribution in [0.2, 0.25) is 0 Å². The molecule has 0 aliphatic heterocycles. The van der Waals surface area contributed by atoms with E-state index in [2.05, 4.69) is 10.1 Å². The third-order valence-electron chi connectivity index (χ3n) is 2.88. The fourth-order valence-corrected chi connectivity index (χ4v) is 2.55. The van der Waals surface area contributed by atoms with Crippen molar-refractivity contribution in [2.24, 2.45) is 0 Å². The van der Waals surface area contributed by atoms with Crippen LogP contribution in [0.3, 0.4) is 0 Å². The van der Waals surface area contributed by atoms with Crippen LogP contribution in [0.25, 0.3) is 0 Å². The molecule has 1 heterocycles. The van der Waals surface area contributed by atoms with E-state index in [-0.39, 0.29) is 6.54 Å². The Morgan fingerprint density at radius 2 is 1.74 bits per heavy atom. The Bertz CT molecular complexity index is 895. The lowest BCUT2D eigenvalue weighted by molar-refractivity contribution is -0.274. The molecule has 0 radical (unpaired) electrons. The molecule has 0 fully saturated rings. The first-order valence-corrected chi connectivity index (χ1v) is 8.53. The summed E-state index contributed by atoms with van der Waals surface area (Å²) in [6.45, 7) is -0.0906. The van der Waals surface area contributed by atoms with Crippen molar-refractivity contribution in [3.8, 4) is 5.75 Å². The number of furan rings is 1. The van der Waals surface area contributed by atoms with Gasteiger partial charge in [0.05, 0.1) is 17.7 Å². The fourth-order valence-electron chi connectivity index (χ4n) is 1.71. The van der Waals surface area contributed by atoms with E-state index in [0.717, 1.165) is 24.3 Å². The van der Waals surface area contributed by atoms with Gasteiger partial charge >= 0.3 is 18.2 Å². The molecular weight excluding hydrogens is 395 g/mol. The van der Waals surface area contributed by atoms with Crippen LogP contribution < -0.4 is 20.3 Å². The van der Waals surface area contributed by atoms with Crippen molar-refractivity contribution in [2.45, 2.75) is 17.8 Å². The van der Waals surface area contributed by atoms with Crippen LogP contribution in [0.5, 0.6) is 5.75 Å². The van der Waals surface area contributed by atoms with Gasteiger partial charge in [-0.25, -0.2) is 8.42 Å². The second-order valence-corrected chi connectivity index (χ2v) is 6.52. The summed E-state index contributed by atoms with van der Waals surface area (Å²) >= 11 is 0. The highest BCUT2D eigenvalue weighted by Crippen LogP contribution is 2.23. The van der Waals surface area contributed by atoms with Gasteiger partial charge in [0.15, 0.2) is 0 Å². The maximum atomic E-state index is 12.1. The summed E-state index contributed by atoms with van der Waals surface area (Å²) < 4.78 is 68.7. The summed E-state index contributed by atoms with van der Waals surface area (Å²) in [6.07, 6.45) is -3.56. The molecule has 2 amide bonds. The lowest BCUT2D eigenvalue weighted by Gasteiger charge is -2.10. The van der Waals surface area contributed by atoms with Crippen molar-refractivity contribution < 1.29 is 40.3 Å². The number of ether oxygens (including phenoxy) is 1. The van der Waals surface area contributed by atoms with Crippen molar-refractivity contribution in [1.29, 1.82) is 0 Å². The van der Waals surface area contributed by atoms with E-state index < -0.39 is 38.8 Å². The second kappa shape index (κ2) is 8.09. The third kappa shape index (κ3) is 6.31. The van der Waals surface area contributed by atoms with E-state index in [9.17, 15) is 31.2 Å². The Labute approximate surface area is 150 Å². The van der Waals surface area contributed by atoms with E-state index in [4.69, 9.17) is 4.42 Å². The van der Waals surface area contributed by atoms with E-state index in [1.165, 1.54) is 6.26 Å². The molecule has 0 unspecified atom stereocenters. The number of sulfonamides is 1. The molecule has 0 saturated carbocycles. The lowest BCUT2D eigenvalue weighted by atomic mass is 10.3. The van der Waals surface area contributed by atoms with Crippen LogP contribution in [-0.4, -0.2) is 26.6 Å². The molecule has 2 aromatic rings. The molecule has 0 aliphatic carbocycles. The zero-order valence-electron chi connectivity index (χ0n) is 13.2. The van der Waals surface area contributed by atoms with Crippen LogP contribution in [0, 0.1) is 0 Å². The largest absolute Gasteiger partial charge is 0.573 e. The molecule has 2 rings (SSSR count). The molecule has 9 nitrogen and oxygen atoms in total. The Morgan fingerprint density at radius 3 is 2.30 bits per heavy atom. The maximum Gasteiger partial charge on any atom is 0.573 e. The molecule has 0 atom stereocenters. The van der Waals surface area contributed by atoms with E-state index in [0.29, 0.717) is 5.76 Å². The first-order chi connectivity index (χ1) is 12.6. The number of hydrogen-bond acceptors (Lipinski definition) is 6. The number of hydrazine groups is 1. The smallest absolute Gasteiger partial charge is 0.467 e. The number of alkyl halides is 3. The van der Waals surface area contributed by atoms with Gasteiger partial charge in [0.1, 0.15) is 11.5 Å². The van der Waals surface area contributed by atoms with Crippen molar-refractivity contribution in [1.82, 2.24) is 15.6 Å². The molecule has 0 saturated heterocycles. The molecule has 0 spiro atoms. The van der Waals surface area contributed by atoms with Gasteiger partial charge in [0, 0.05) is 0 Å². The third-order valence-corrected chi connectivity index (χ3v) is 4.14. The molecule has 146 valence electrons. The summed E-state index contributed by atoms with van der Waals surface area (Å²) in [5, 5.41) is 2.19. The predicted molar refractivity (Wildman–Crippen MR) is 82.1 cm³/mol. The monoisotopic (exact) mass is 407 g/mol. The van der Waals surface area contributed by atoms with Crippen LogP contribution in [0.4, 0.5) is 13.2 Å². The van der Waals surface area contributed by atoms with Gasteiger partial charge in [-0.1, -0.05) is 0 Å². The normalized spacial score (nSPS) is 11.7. The molecule has 3 N–H and O–H groups in total. The van der Waals surface area contributed by atoms with E-state index in [1.54, 1.807) is 22.4 Å². The molecule has 1 aromatic carbocycles. The Balaban J connectivity index is 1.89. The molecule has 27 heavy (non-hydrogen) atoms. The van der Waals surface area contributed by atoms with Crippen LogP contribution in [0.15, 0.2) is 52.0 Å². The predicted octanol–water partition coefficient (Wildman–Crippen LogP) is 0.804. The zero-order valence-corrected chi connectivity index (χ0v) is 14.1. The van der Waals surface area contributed by atoms with Crippen molar-refractivity contribution in [3.63, 3.8) is 0 Å². The summed E-state index contributed by atoms with van der Waals surface area (Å²) in [7, 11) is -4.32. The number of carbonyl (C=O) groups is 2. The minimum Gasteiger partial charge on any atom is -0.467 e. The van der Waals surface area contributed by atoms with Crippen LogP contribution >= 0.6 is 0 Å². The first kappa shape index (κ1) is 20.3. The van der Waals surface area contributed by atoms with Crippen LogP contribution in [0.1, 0.15) is 5.76 Å². The van der Waals surface area contributed by atoms with Crippen molar-refractivity contribution in [2.75, 3.05) is 0 Å². The Hall–Kier alpha value is -3.06. The topological polar surface area (TPSA) is 127 Å². The van der Waals surface area contributed by atoms with Gasteiger partial charge in [-0.05, 0) is 36.4 Å². The van der Waals surface area contributed by atoms with Gasteiger partial charge in [-0.3, -0.25) is 15.0 Å². The summed E-state index contributed by atoms with van der Waals surface area (Å²) in [5.41, 5.74) is 1.67. The number of benzene rings is 1. The second-order valence-electron chi connectivity index (χ2n) is 4.84. The number of halogens is 3. The highest BCUT2D eigenvalue weighted by Gasteiger charge is 2.31. The number of rotatable bonds is 6. The quantitative estimate of drug-likeness (QED) is 0.480. The molecule has 0 bridgehead atoms. The maximum absolute atomic E-state index is 12.1. The minimum atomic E-state index is -4.92. The van der Waals surface area contributed by atoms with Gasteiger partial charge < -0.3 is 14.5 Å². The fraction of sp³-hybridized carbons (Fsp3) is 0.143. The molecule has 0 aliphatic rings.